The molecule has 0 radical (unpaired) electrons. The molecule has 21 heavy (non-hydrogen) atoms. The van der Waals surface area contributed by atoms with Crippen LogP contribution in [0.2, 0.25) is 0 Å². The van der Waals surface area contributed by atoms with Gasteiger partial charge in [0.05, 0.1) is 6.10 Å². The van der Waals surface area contributed by atoms with Gasteiger partial charge in [-0.25, -0.2) is 4.79 Å². The molecular formula is C16H26N2O2S. The lowest BCUT2D eigenvalue weighted by atomic mass is 10.2. The third kappa shape index (κ3) is 7.39. The van der Waals surface area contributed by atoms with Crippen LogP contribution in [-0.2, 0) is 0 Å². The molecule has 0 spiro atoms. The molecular weight excluding hydrogens is 284 g/mol. The summed E-state index contributed by atoms with van der Waals surface area (Å²) in [5, 5.41) is 14.7. The monoisotopic (exact) mass is 310 g/mol. The molecule has 0 fully saturated rings. The van der Waals surface area contributed by atoms with E-state index in [-0.39, 0.29) is 10.8 Å². The molecule has 0 aliphatic heterocycles. The number of rotatable bonds is 5. The lowest BCUT2D eigenvalue weighted by molar-refractivity contribution is 0.184. The number of hydrogen-bond donors (Lipinski definition) is 3. The highest BCUT2D eigenvalue weighted by Crippen LogP contribution is 2.33. The van der Waals surface area contributed by atoms with Crippen LogP contribution in [0.5, 0.6) is 0 Å². The molecule has 1 aromatic carbocycles. The Balaban J connectivity index is 2.58. The van der Waals surface area contributed by atoms with Gasteiger partial charge in [0.2, 0.25) is 0 Å². The fourth-order valence-corrected chi connectivity index (χ4v) is 2.83. The normalized spacial score (nSPS) is 12.9. The third-order valence-electron chi connectivity index (χ3n) is 2.72. The lowest BCUT2D eigenvalue weighted by Crippen LogP contribution is -2.31. The number of nitrogens with one attached hydrogen (secondary N) is 2. The number of amides is 2. The van der Waals surface area contributed by atoms with Crippen molar-refractivity contribution in [1.29, 1.82) is 0 Å². The van der Waals surface area contributed by atoms with Crippen LogP contribution in [0.4, 0.5) is 10.5 Å². The Kier molecular flexibility index (Phi) is 6.55. The molecule has 118 valence electrons. The summed E-state index contributed by atoms with van der Waals surface area (Å²) < 4.78 is 0.166. The standard InChI is InChI=1S/C16H26N2O2S/c1-11-10-13(21-16(3,4)5)6-7-14(11)18-15(20)17-9-8-12(2)19/h6-7,10,12,19H,8-9H2,1-5H3,(H2,17,18,20). The van der Waals surface area contributed by atoms with Gasteiger partial charge in [-0.05, 0) is 44.0 Å². The van der Waals surface area contributed by atoms with Gasteiger partial charge in [-0.2, -0.15) is 0 Å². The molecule has 3 N–H and O–H groups in total. The van der Waals surface area contributed by atoms with Gasteiger partial charge in [0, 0.05) is 21.9 Å². The van der Waals surface area contributed by atoms with Crippen molar-refractivity contribution in [3.05, 3.63) is 23.8 Å². The maximum atomic E-state index is 11.8. The fraction of sp³-hybridized carbons (Fsp3) is 0.562. The minimum Gasteiger partial charge on any atom is -0.393 e. The van der Waals surface area contributed by atoms with Crippen molar-refractivity contribution in [2.24, 2.45) is 0 Å². The van der Waals surface area contributed by atoms with E-state index in [1.165, 1.54) is 4.90 Å². The van der Waals surface area contributed by atoms with Gasteiger partial charge >= 0.3 is 6.03 Å². The number of benzene rings is 1. The van der Waals surface area contributed by atoms with Crippen LogP contribution in [0, 0.1) is 6.92 Å². The van der Waals surface area contributed by atoms with Crippen molar-refractivity contribution in [3.8, 4) is 0 Å². The summed E-state index contributed by atoms with van der Waals surface area (Å²) in [4.78, 5) is 12.9. The summed E-state index contributed by atoms with van der Waals surface area (Å²) in [6, 6.07) is 5.79. The van der Waals surface area contributed by atoms with Gasteiger partial charge < -0.3 is 15.7 Å². The van der Waals surface area contributed by atoms with Gasteiger partial charge in [0.15, 0.2) is 0 Å². The van der Waals surface area contributed by atoms with Crippen molar-refractivity contribution < 1.29 is 9.90 Å². The van der Waals surface area contributed by atoms with E-state index in [4.69, 9.17) is 5.11 Å². The molecule has 2 amide bonds. The van der Waals surface area contributed by atoms with E-state index in [1.807, 2.05) is 19.1 Å². The maximum absolute atomic E-state index is 11.8. The van der Waals surface area contributed by atoms with Crippen LogP contribution in [0.1, 0.15) is 39.7 Å². The van der Waals surface area contributed by atoms with E-state index < -0.39 is 6.10 Å². The molecule has 0 aliphatic rings. The smallest absolute Gasteiger partial charge is 0.319 e. The first-order chi connectivity index (χ1) is 9.67. The zero-order valence-corrected chi connectivity index (χ0v) is 14.3. The zero-order valence-electron chi connectivity index (χ0n) is 13.5. The SMILES string of the molecule is Cc1cc(SC(C)(C)C)ccc1NC(=O)NCCC(C)O. The second-order valence-electron chi connectivity index (χ2n) is 6.21. The van der Waals surface area contributed by atoms with Crippen LogP contribution < -0.4 is 10.6 Å². The molecule has 0 aromatic heterocycles. The third-order valence-corrected chi connectivity index (χ3v) is 3.82. The van der Waals surface area contributed by atoms with Crippen LogP contribution in [0.25, 0.3) is 0 Å². The molecule has 5 heteroatoms. The molecule has 1 unspecified atom stereocenters. The summed E-state index contributed by atoms with van der Waals surface area (Å²) >= 11 is 1.80. The maximum Gasteiger partial charge on any atom is 0.319 e. The quantitative estimate of drug-likeness (QED) is 0.725. The number of carbonyl (C=O) groups is 1. The first-order valence-corrected chi connectivity index (χ1v) is 8.01. The number of aliphatic hydroxyl groups excluding tert-OH is 1. The summed E-state index contributed by atoms with van der Waals surface area (Å²) in [6.07, 6.45) is 0.147. The van der Waals surface area contributed by atoms with Crippen LogP contribution in [0.3, 0.4) is 0 Å². The van der Waals surface area contributed by atoms with E-state index in [1.54, 1.807) is 18.7 Å². The molecule has 0 heterocycles. The predicted octanol–water partition coefficient (Wildman–Crippen LogP) is 3.78. The van der Waals surface area contributed by atoms with Gasteiger partial charge in [0.25, 0.3) is 0 Å². The van der Waals surface area contributed by atoms with Crippen molar-refractivity contribution in [1.82, 2.24) is 5.32 Å². The first-order valence-electron chi connectivity index (χ1n) is 7.20. The molecule has 0 saturated heterocycles. The Morgan fingerprint density at radius 3 is 2.57 bits per heavy atom. The van der Waals surface area contributed by atoms with Crippen LogP contribution >= 0.6 is 11.8 Å². The number of aryl methyl sites for hydroxylation is 1. The van der Waals surface area contributed by atoms with Crippen molar-refractivity contribution in [3.63, 3.8) is 0 Å². The average molecular weight is 310 g/mol. The largest absolute Gasteiger partial charge is 0.393 e. The second kappa shape index (κ2) is 7.71. The Morgan fingerprint density at radius 1 is 1.38 bits per heavy atom. The van der Waals surface area contributed by atoms with Gasteiger partial charge in [-0.15, -0.1) is 11.8 Å². The lowest BCUT2D eigenvalue weighted by Gasteiger charge is -2.18. The zero-order chi connectivity index (χ0) is 16.0. The highest BCUT2D eigenvalue weighted by molar-refractivity contribution is 8.00. The van der Waals surface area contributed by atoms with E-state index in [0.29, 0.717) is 13.0 Å². The molecule has 1 aromatic rings. The van der Waals surface area contributed by atoms with Crippen molar-refractivity contribution >= 4 is 23.5 Å². The van der Waals surface area contributed by atoms with Crippen molar-refractivity contribution in [2.45, 2.75) is 56.8 Å². The molecule has 0 aliphatic carbocycles. The Hall–Kier alpha value is -1.20. The second-order valence-corrected chi connectivity index (χ2v) is 8.11. The fourth-order valence-electron chi connectivity index (χ4n) is 1.75. The summed E-state index contributed by atoms with van der Waals surface area (Å²) in [5.74, 6) is 0. The Morgan fingerprint density at radius 2 is 2.05 bits per heavy atom. The summed E-state index contributed by atoms with van der Waals surface area (Å²) in [5.41, 5.74) is 1.85. The van der Waals surface area contributed by atoms with E-state index >= 15 is 0 Å². The van der Waals surface area contributed by atoms with Gasteiger partial charge in [0.1, 0.15) is 0 Å². The van der Waals surface area contributed by atoms with Crippen molar-refractivity contribution in [2.75, 3.05) is 11.9 Å². The van der Waals surface area contributed by atoms with E-state index in [9.17, 15) is 4.79 Å². The first kappa shape index (κ1) is 17.9. The molecule has 4 nitrogen and oxygen atoms in total. The van der Waals surface area contributed by atoms with E-state index in [2.05, 4.69) is 37.5 Å². The predicted molar refractivity (Wildman–Crippen MR) is 90.1 cm³/mol. The number of carbonyl (C=O) groups excluding carboxylic acids is 1. The number of anilines is 1. The van der Waals surface area contributed by atoms with Crippen LogP contribution in [0.15, 0.2) is 23.1 Å². The average Bonchev–Trinajstić information content (AvgIpc) is 2.30. The number of hydrogen-bond acceptors (Lipinski definition) is 3. The van der Waals surface area contributed by atoms with Gasteiger partial charge in [-0.3, -0.25) is 0 Å². The number of aliphatic hydroxyl groups is 1. The summed E-state index contributed by atoms with van der Waals surface area (Å²) in [6.45, 7) is 10.7. The van der Waals surface area contributed by atoms with Gasteiger partial charge in [-0.1, -0.05) is 20.8 Å². The van der Waals surface area contributed by atoms with Crippen LogP contribution in [-0.4, -0.2) is 28.5 Å². The minimum atomic E-state index is -0.402. The number of urea groups is 1. The molecule has 1 rings (SSSR count). The molecule has 0 saturated carbocycles. The minimum absolute atomic E-state index is 0.166. The highest BCUT2D eigenvalue weighted by Gasteiger charge is 2.13. The topological polar surface area (TPSA) is 61.4 Å². The highest BCUT2D eigenvalue weighted by atomic mass is 32.2. The molecule has 0 bridgehead atoms. The number of thioether (sulfide) groups is 1. The Labute approximate surface area is 131 Å². The molecule has 1 atom stereocenters. The Bertz CT molecular complexity index is 482. The summed E-state index contributed by atoms with van der Waals surface area (Å²) in [7, 11) is 0. The van der Waals surface area contributed by atoms with E-state index in [0.717, 1.165) is 11.3 Å².